The fourth-order valence-electron chi connectivity index (χ4n) is 1.76. The number of anilines is 1. The Morgan fingerprint density at radius 1 is 1.53 bits per heavy atom. The quantitative estimate of drug-likeness (QED) is 0.615. The molecule has 1 unspecified atom stereocenters. The summed E-state index contributed by atoms with van der Waals surface area (Å²) in [7, 11) is 1.85. The van der Waals surface area contributed by atoms with Crippen molar-refractivity contribution in [2.45, 2.75) is 29.5 Å². The van der Waals surface area contributed by atoms with E-state index in [-0.39, 0.29) is 11.9 Å². The molecular formula is C14H21N3OS. The van der Waals surface area contributed by atoms with Crippen molar-refractivity contribution in [2.75, 3.05) is 25.9 Å². The van der Waals surface area contributed by atoms with Crippen LogP contribution in [0.4, 0.5) is 5.69 Å². The number of rotatable bonds is 6. The molecule has 2 atom stereocenters. The monoisotopic (exact) mass is 279 g/mol. The lowest BCUT2D eigenvalue weighted by Crippen LogP contribution is -2.50. The van der Waals surface area contributed by atoms with Gasteiger partial charge in [0.1, 0.15) is 5.54 Å². The second-order valence-electron chi connectivity index (χ2n) is 4.70. The van der Waals surface area contributed by atoms with Crippen LogP contribution < -0.4 is 5.73 Å². The highest BCUT2D eigenvalue weighted by Crippen LogP contribution is 2.35. The van der Waals surface area contributed by atoms with Crippen molar-refractivity contribution >= 4 is 17.4 Å². The van der Waals surface area contributed by atoms with Crippen LogP contribution in [0.5, 0.6) is 0 Å². The Labute approximate surface area is 119 Å². The number of benzene rings is 1. The molecule has 3 N–H and O–H groups in total. The SMILES string of the molecule is C[C@H](Sc1ccccc1N)C(C)(C#N)N(C)CCO. The summed E-state index contributed by atoms with van der Waals surface area (Å²) in [5.41, 5.74) is 6.00. The van der Waals surface area contributed by atoms with Crippen molar-refractivity contribution in [1.29, 1.82) is 5.26 Å². The molecule has 19 heavy (non-hydrogen) atoms. The molecule has 0 saturated carbocycles. The molecule has 0 saturated heterocycles. The first-order valence-electron chi connectivity index (χ1n) is 6.20. The largest absolute Gasteiger partial charge is 0.398 e. The highest BCUT2D eigenvalue weighted by Gasteiger charge is 2.36. The molecule has 0 aromatic heterocycles. The van der Waals surface area contributed by atoms with Gasteiger partial charge >= 0.3 is 0 Å². The van der Waals surface area contributed by atoms with Crippen molar-refractivity contribution in [3.05, 3.63) is 24.3 Å². The summed E-state index contributed by atoms with van der Waals surface area (Å²) in [6.07, 6.45) is 0. The predicted octanol–water partition coefficient (Wildman–Crippen LogP) is 1.96. The fourth-order valence-corrected chi connectivity index (χ4v) is 2.97. The summed E-state index contributed by atoms with van der Waals surface area (Å²) in [6, 6.07) is 10.0. The number of nitriles is 1. The number of aliphatic hydroxyl groups excluding tert-OH is 1. The van der Waals surface area contributed by atoms with Gasteiger partial charge in [-0.15, -0.1) is 11.8 Å². The molecule has 1 aromatic carbocycles. The van der Waals surface area contributed by atoms with E-state index in [1.54, 1.807) is 11.8 Å². The molecule has 1 aromatic rings. The van der Waals surface area contributed by atoms with Gasteiger partial charge in [-0.2, -0.15) is 5.26 Å². The molecule has 0 bridgehead atoms. The Kier molecular flexibility index (Phi) is 5.67. The zero-order valence-electron chi connectivity index (χ0n) is 11.6. The van der Waals surface area contributed by atoms with Crippen molar-refractivity contribution < 1.29 is 5.11 Å². The van der Waals surface area contributed by atoms with Crippen LogP contribution in [-0.2, 0) is 0 Å². The maximum Gasteiger partial charge on any atom is 0.118 e. The number of thioether (sulfide) groups is 1. The highest BCUT2D eigenvalue weighted by molar-refractivity contribution is 8.00. The van der Waals surface area contributed by atoms with Crippen LogP contribution in [0.3, 0.4) is 0 Å². The second-order valence-corrected chi connectivity index (χ2v) is 6.09. The van der Waals surface area contributed by atoms with Crippen molar-refractivity contribution in [1.82, 2.24) is 4.90 Å². The average Bonchev–Trinajstić information content (AvgIpc) is 2.40. The minimum atomic E-state index is -0.657. The number of aliphatic hydroxyl groups is 1. The second kappa shape index (κ2) is 6.80. The van der Waals surface area contributed by atoms with Gasteiger partial charge in [0.05, 0.1) is 12.7 Å². The zero-order valence-corrected chi connectivity index (χ0v) is 12.4. The molecule has 5 heteroatoms. The van der Waals surface area contributed by atoms with E-state index in [1.807, 2.05) is 50.1 Å². The Morgan fingerprint density at radius 3 is 2.68 bits per heavy atom. The summed E-state index contributed by atoms with van der Waals surface area (Å²) in [4.78, 5) is 2.86. The van der Waals surface area contributed by atoms with Gasteiger partial charge in [0.2, 0.25) is 0 Å². The number of nitrogens with two attached hydrogens (primary N) is 1. The highest BCUT2D eigenvalue weighted by atomic mass is 32.2. The van der Waals surface area contributed by atoms with E-state index in [4.69, 9.17) is 10.8 Å². The van der Waals surface area contributed by atoms with Gasteiger partial charge in [-0.05, 0) is 26.1 Å². The predicted molar refractivity (Wildman–Crippen MR) is 79.9 cm³/mol. The lowest BCUT2D eigenvalue weighted by atomic mass is 9.98. The van der Waals surface area contributed by atoms with Crippen molar-refractivity contribution in [3.8, 4) is 6.07 Å². The summed E-state index contributed by atoms with van der Waals surface area (Å²) >= 11 is 1.59. The third-order valence-corrected chi connectivity index (χ3v) is 4.91. The first kappa shape index (κ1) is 15.8. The van der Waals surface area contributed by atoms with E-state index in [2.05, 4.69) is 6.07 Å². The van der Waals surface area contributed by atoms with Crippen molar-refractivity contribution in [3.63, 3.8) is 0 Å². The lowest BCUT2D eigenvalue weighted by Gasteiger charge is -2.37. The van der Waals surface area contributed by atoms with Crippen LogP contribution in [0.25, 0.3) is 0 Å². The molecule has 0 fully saturated rings. The summed E-state index contributed by atoms with van der Waals surface area (Å²) in [5.74, 6) is 0. The van der Waals surface area contributed by atoms with Gasteiger partial charge in [0.15, 0.2) is 0 Å². The van der Waals surface area contributed by atoms with Gasteiger partial charge in [-0.25, -0.2) is 0 Å². The molecule has 0 amide bonds. The first-order valence-corrected chi connectivity index (χ1v) is 7.08. The standard InChI is InChI=1S/C14H21N3OS/c1-11(14(2,10-15)17(3)8-9-18)19-13-7-5-4-6-12(13)16/h4-7,11,18H,8-9,16H2,1-3H3/t11-,14?/m0/s1. The topological polar surface area (TPSA) is 73.3 Å². The number of hydrogen-bond acceptors (Lipinski definition) is 5. The van der Waals surface area contributed by atoms with Crippen LogP contribution in [0, 0.1) is 11.3 Å². The Hall–Kier alpha value is -1.22. The number of β-amino-alcohol motifs (C(OH)–C–C–N with tert-alkyl or cyclic N) is 1. The van der Waals surface area contributed by atoms with E-state index in [0.717, 1.165) is 10.6 Å². The third-order valence-electron chi connectivity index (χ3n) is 3.47. The summed E-state index contributed by atoms with van der Waals surface area (Å²) in [5, 5.41) is 18.5. The molecule has 104 valence electrons. The van der Waals surface area contributed by atoms with Gasteiger partial charge < -0.3 is 10.8 Å². The lowest BCUT2D eigenvalue weighted by molar-refractivity contribution is 0.149. The number of para-hydroxylation sites is 1. The van der Waals surface area contributed by atoms with E-state index in [0.29, 0.717) is 6.54 Å². The third kappa shape index (κ3) is 3.63. The zero-order chi connectivity index (χ0) is 14.5. The van der Waals surface area contributed by atoms with Gasteiger partial charge in [0, 0.05) is 22.4 Å². The van der Waals surface area contributed by atoms with Crippen LogP contribution in [0.15, 0.2) is 29.2 Å². The minimum absolute atomic E-state index is 0.0266. The van der Waals surface area contributed by atoms with Crippen molar-refractivity contribution in [2.24, 2.45) is 0 Å². The number of nitrogens with zero attached hydrogens (tertiary/aromatic N) is 2. The Balaban J connectivity index is 2.88. The number of hydrogen-bond donors (Lipinski definition) is 2. The number of nitrogen functional groups attached to an aromatic ring is 1. The molecule has 1 rings (SSSR count). The molecule has 0 aliphatic heterocycles. The molecule has 0 heterocycles. The Bertz CT molecular complexity index is 460. The van der Waals surface area contributed by atoms with Crippen LogP contribution >= 0.6 is 11.8 Å². The van der Waals surface area contributed by atoms with Crippen LogP contribution in [-0.4, -0.2) is 41.0 Å². The fraction of sp³-hybridized carbons (Fsp3) is 0.500. The molecule has 0 radical (unpaired) electrons. The van der Waals surface area contributed by atoms with E-state index < -0.39 is 5.54 Å². The Morgan fingerprint density at radius 2 is 2.16 bits per heavy atom. The molecule has 4 nitrogen and oxygen atoms in total. The maximum atomic E-state index is 9.48. The van der Waals surface area contributed by atoms with Crippen LogP contribution in [0.2, 0.25) is 0 Å². The molecule has 0 aliphatic carbocycles. The maximum absolute atomic E-state index is 9.48. The molecular weight excluding hydrogens is 258 g/mol. The van der Waals surface area contributed by atoms with Gasteiger partial charge in [-0.1, -0.05) is 19.1 Å². The smallest absolute Gasteiger partial charge is 0.118 e. The minimum Gasteiger partial charge on any atom is -0.398 e. The van der Waals surface area contributed by atoms with E-state index in [1.165, 1.54) is 0 Å². The number of likely N-dealkylation sites (N-methyl/N-ethyl adjacent to an activating group) is 1. The van der Waals surface area contributed by atoms with Gasteiger partial charge in [-0.3, -0.25) is 4.90 Å². The molecule has 0 spiro atoms. The van der Waals surface area contributed by atoms with E-state index in [9.17, 15) is 5.26 Å². The van der Waals surface area contributed by atoms with Gasteiger partial charge in [0.25, 0.3) is 0 Å². The summed E-state index contributed by atoms with van der Waals surface area (Å²) < 4.78 is 0. The first-order chi connectivity index (χ1) is 8.95. The van der Waals surface area contributed by atoms with Crippen LogP contribution in [0.1, 0.15) is 13.8 Å². The van der Waals surface area contributed by atoms with E-state index >= 15 is 0 Å². The summed E-state index contributed by atoms with van der Waals surface area (Å²) in [6.45, 7) is 4.41. The average molecular weight is 279 g/mol. The normalized spacial score (nSPS) is 15.8. The molecule has 0 aliphatic rings.